The Balaban J connectivity index is 2.36. The highest BCUT2D eigenvalue weighted by Crippen LogP contribution is 2.33. The second kappa shape index (κ2) is 5.30. The number of unbranched alkanes of at least 4 members (excludes halogenated alkanes) is 1. The molecule has 0 saturated carbocycles. The predicted octanol–water partition coefficient (Wildman–Crippen LogP) is 3.58. The third-order valence-corrected chi connectivity index (χ3v) is 3.16. The average molecular weight is 206 g/mol. The molecule has 1 rings (SSSR count). The summed E-state index contributed by atoms with van der Waals surface area (Å²) in [6.45, 7) is 6.87. The Bertz CT molecular complexity index is 260. The van der Waals surface area contributed by atoms with Gasteiger partial charge in [0.15, 0.2) is 0 Å². The second-order valence-electron chi connectivity index (χ2n) is 5.40. The van der Waals surface area contributed by atoms with Gasteiger partial charge in [-0.2, -0.15) is 5.26 Å². The monoisotopic (exact) mass is 206 g/mol. The van der Waals surface area contributed by atoms with Crippen LogP contribution in [-0.4, -0.2) is 12.3 Å². The van der Waals surface area contributed by atoms with Gasteiger partial charge in [0, 0.05) is 6.21 Å². The van der Waals surface area contributed by atoms with Crippen molar-refractivity contribution < 1.29 is 0 Å². The minimum atomic E-state index is 0.0666. The number of nitrogens with zero attached hydrogens (tertiary/aromatic N) is 2. The van der Waals surface area contributed by atoms with E-state index in [0.717, 1.165) is 12.8 Å². The van der Waals surface area contributed by atoms with Crippen molar-refractivity contribution >= 4 is 6.21 Å². The Morgan fingerprint density at radius 2 is 2.27 bits per heavy atom. The Kier molecular flexibility index (Phi) is 4.32. The van der Waals surface area contributed by atoms with Gasteiger partial charge in [-0.1, -0.05) is 33.6 Å². The maximum atomic E-state index is 8.78. The van der Waals surface area contributed by atoms with E-state index in [0.29, 0.717) is 11.5 Å². The maximum Gasteiger partial charge on any atom is 0.0831 e. The van der Waals surface area contributed by atoms with E-state index in [-0.39, 0.29) is 5.92 Å². The molecule has 0 fully saturated rings. The number of hydrogen-bond donors (Lipinski definition) is 0. The molecule has 0 aromatic rings. The molecule has 0 aliphatic carbocycles. The quantitative estimate of drug-likeness (QED) is 0.677. The smallest absolute Gasteiger partial charge is 0.0831 e. The third-order valence-electron chi connectivity index (χ3n) is 3.16. The molecule has 0 N–H and O–H groups in total. The van der Waals surface area contributed by atoms with Gasteiger partial charge in [0.25, 0.3) is 0 Å². The summed E-state index contributed by atoms with van der Waals surface area (Å²) in [6, 6.07) is 2.66. The van der Waals surface area contributed by atoms with Crippen LogP contribution in [0.25, 0.3) is 0 Å². The zero-order valence-electron chi connectivity index (χ0n) is 10.2. The van der Waals surface area contributed by atoms with Crippen molar-refractivity contribution in [1.29, 1.82) is 5.26 Å². The van der Waals surface area contributed by atoms with Crippen LogP contribution in [0.1, 0.15) is 52.9 Å². The fourth-order valence-corrected chi connectivity index (χ4v) is 2.26. The van der Waals surface area contributed by atoms with Crippen LogP contribution in [0.4, 0.5) is 0 Å². The Hall–Kier alpha value is -0.840. The summed E-state index contributed by atoms with van der Waals surface area (Å²) in [5.74, 6) is 0.0666. The van der Waals surface area contributed by atoms with Gasteiger partial charge in [0.05, 0.1) is 18.0 Å². The van der Waals surface area contributed by atoms with E-state index < -0.39 is 0 Å². The Labute approximate surface area is 93.4 Å². The largest absolute Gasteiger partial charge is 0.293 e. The van der Waals surface area contributed by atoms with Gasteiger partial charge >= 0.3 is 0 Å². The third kappa shape index (κ3) is 4.03. The Morgan fingerprint density at radius 3 is 2.80 bits per heavy atom. The molecule has 0 radical (unpaired) electrons. The molecule has 15 heavy (non-hydrogen) atoms. The van der Waals surface area contributed by atoms with Crippen LogP contribution < -0.4 is 0 Å². The molecule has 0 amide bonds. The van der Waals surface area contributed by atoms with Crippen LogP contribution in [-0.2, 0) is 0 Å². The molecular weight excluding hydrogens is 184 g/mol. The molecule has 0 spiro atoms. The molecule has 84 valence electrons. The minimum Gasteiger partial charge on any atom is -0.293 e. The van der Waals surface area contributed by atoms with Crippen LogP contribution in [0.2, 0.25) is 0 Å². The minimum absolute atomic E-state index is 0.0666. The zero-order valence-corrected chi connectivity index (χ0v) is 10.2. The van der Waals surface area contributed by atoms with Crippen molar-refractivity contribution in [3.05, 3.63) is 0 Å². The van der Waals surface area contributed by atoms with Gasteiger partial charge in [-0.15, -0.1) is 0 Å². The molecule has 1 aliphatic rings. The van der Waals surface area contributed by atoms with E-state index in [9.17, 15) is 0 Å². The molecular formula is C13H22N2. The van der Waals surface area contributed by atoms with E-state index in [1.54, 1.807) is 0 Å². The van der Waals surface area contributed by atoms with Crippen LogP contribution in [0.5, 0.6) is 0 Å². The molecule has 0 saturated heterocycles. The predicted molar refractivity (Wildman–Crippen MR) is 63.9 cm³/mol. The lowest BCUT2D eigenvalue weighted by molar-refractivity contribution is 0.271. The second-order valence-corrected chi connectivity index (χ2v) is 5.40. The summed E-state index contributed by atoms with van der Waals surface area (Å²) in [5.41, 5.74) is 0.377. The lowest BCUT2D eigenvalue weighted by Crippen LogP contribution is -2.18. The van der Waals surface area contributed by atoms with Crippen molar-refractivity contribution in [2.24, 2.45) is 16.3 Å². The summed E-state index contributed by atoms with van der Waals surface area (Å²) in [7, 11) is 0. The molecule has 2 atom stereocenters. The number of rotatable bonds is 5. The number of aliphatic imine (C=N–C) groups is 1. The van der Waals surface area contributed by atoms with E-state index in [4.69, 9.17) is 5.26 Å². The molecule has 2 nitrogen and oxygen atoms in total. The highest BCUT2D eigenvalue weighted by atomic mass is 14.8. The van der Waals surface area contributed by atoms with Crippen molar-refractivity contribution in [2.45, 2.75) is 58.9 Å². The van der Waals surface area contributed by atoms with Crippen LogP contribution >= 0.6 is 0 Å². The van der Waals surface area contributed by atoms with Crippen molar-refractivity contribution in [3.63, 3.8) is 0 Å². The fourth-order valence-electron chi connectivity index (χ4n) is 2.26. The summed E-state index contributed by atoms with van der Waals surface area (Å²) >= 11 is 0. The van der Waals surface area contributed by atoms with E-state index in [1.165, 1.54) is 19.3 Å². The average Bonchev–Trinajstić information content (AvgIpc) is 2.62. The maximum absolute atomic E-state index is 8.78. The topological polar surface area (TPSA) is 36.1 Å². The SMILES string of the molecule is CCCCC(C)(C)CC1CC(C#N)C=N1. The van der Waals surface area contributed by atoms with Gasteiger partial charge in [-0.25, -0.2) is 0 Å². The molecule has 0 bridgehead atoms. The summed E-state index contributed by atoms with van der Waals surface area (Å²) in [4.78, 5) is 4.43. The first-order valence-corrected chi connectivity index (χ1v) is 6.00. The van der Waals surface area contributed by atoms with Crippen molar-refractivity contribution in [3.8, 4) is 6.07 Å². The summed E-state index contributed by atoms with van der Waals surface area (Å²) in [6.07, 6.45) is 7.73. The highest BCUT2D eigenvalue weighted by molar-refractivity contribution is 5.66. The number of nitriles is 1. The molecule has 2 heteroatoms. The molecule has 0 aromatic heterocycles. The van der Waals surface area contributed by atoms with Crippen LogP contribution in [0, 0.1) is 22.7 Å². The van der Waals surface area contributed by atoms with Gasteiger partial charge in [0.1, 0.15) is 0 Å². The van der Waals surface area contributed by atoms with E-state index in [2.05, 4.69) is 31.8 Å². The lowest BCUT2D eigenvalue weighted by atomic mass is 9.80. The summed E-state index contributed by atoms with van der Waals surface area (Å²) < 4.78 is 0. The molecule has 1 heterocycles. The van der Waals surface area contributed by atoms with Crippen LogP contribution in [0.15, 0.2) is 4.99 Å². The fraction of sp³-hybridized carbons (Fsp3) is 0.846. The van der Waals surface area contributed by atoms with Crippen molar-refractivity contribution in [2.75, 3.05) is 0 Å². The van der Waals surface area contributed by atoms with Crippen molar-refractivity contribution in [1.82, 2.24) is 0 Å². The molecule has 0 aromatic carbocycles. The first kappa shape index (κ1) is 12.2. The number of hydrogen-bond acceptors (Lipinski definition) is 2. The molecule has 1 aliphatic heterocycles. The molecule has 2 unspecified atom stereocenters. The van der Waals surface area contributed by atoms with Gasteiger partial charge in [-0.3, -0.25) is 4.99 Å². The van der Waals surface area contributed by atoms with Gasteiger partial charge < -0.3 is 0 Å². The van der Waals surface area contributed by atoms with E-state index >= 15 is 0 Å². The van der Waals surface area contributed by atoms with Crippen LogP contribution in [0.3, 0.4) is 0 Å². The van der Waals surface area contributed by atoms with E-state index in [1.807, 2.05) is 6.21 Å². The van der Waals surface area contributed by atoms with Gasteiger partial charge in [-0.05, 0) is 24.7 Å². The van der Waals surface area contributed by atoms with Gasteiger partial charge in [0.2, 0.25) is 0 Å². The lowest BCUT2D eigenvalue weighted by Gasteiger charge is -2.26. The normalized spacial score (nSPS) is 25.5. The highest BCUT2D eigenvalue weighted by Gasteiger charge is 2.27. The first-order valence-electron chi connectivity index (χ1n) is 6.00. The first-order chi connectivity index (χ1) is 7.07. The summed E-state index contributed by atoms with van der Waals surface area (Å²) in [5, 5.41) is 8.78. The zero-order chi connectivity index (χ0) is 11.3. The Morgan fingerprint density at radius 1 is 1.53 bits per heavy atom. The standard InChI is InChI=1S/C13H22N2/c1-4-5-6-13(2,3)8-12-7-11(9-14)10-15-12/h10-12H,4-8H2,1-3H3.